The number of fused-ring (bicyclic) bond motifs is 1. The third-order valence-corrected chi connectivity index (χ3v) is 4.40. The molecule has 0 aromatic carbocycles. The molecule has 0 N–H and O–H groups in total. The van der Waals surface area contributed by atoms with Crippen LogP contribution in [-0.4, -0.2) is 39.1 Å². The minimum Gasteiger partial charge on any atom is -0.307 e. The molecule has 2 aromatic rings. The smallest absolute Gasteiger partial charge is 0.160 e. The molecule has 3 rings (SSSR count). The van der Waals surface area contributed by atoms with Crippen molar-refractivity contribution >= 4 is 22.8 Å². The van der Waals surface area contributed by atoms with Crippen LogP contribution in [0.1, 0.15) is 37.3 Å². The van der Waals surface area contributed by atoms with Crippen molar-refractivity contribution in [1.82, 2.24) is 19.4 Å². The summed E-state index contributed by atoms with van der Waals surface area (Å²) in [5.41, 5.74) is 2.98. The fraction of sp³-hybridized carbons (Fsp3) is 0.600. The van der Waals surface area contributed by atoms with Gasteiger partial charge in [-0.15, -0.1) is 11.6 Å². The molecule has 0 saturated carbocycles. The van der Waals surface area contributed by atoms with Gasteiger partial charge in [0.15, 0.2) is 5.65 Å². The Morgan fingerprint density at radius 2 is 2.20 bits per heavy atom. The highest BCUT2D eigenvalue weighted by atomic mass is 35.5. The lowest BCUT2D eigenvalue weighted by molar-refractivity contribution is 0.185. The Labute approximate surface area is 124 Å². The zero-order valence-corrected chi connectivity index (χ0v) is 12.9. The number of likely N-dealkylation sites (tertiary alicyclic amines) is 1. The molecule has 0 spiro atoms. The molecule has 2 aromatic heterocycles. The van der Waals surface area contributed by atoms with Crippen molar-refractivity contribution in [3.05, 3.63) is 23.7 Å². The maximum Gasteiger partial charge on any atom is 0.160 e. The predicted octanol–water partition coefficient (Wildman–Crippen LogP) is 3.14. The van der Waals surface area contributed by atoms with Crippen molar-refractivity contribution in [2.45, 2.75) is 38.6 Å². The number of likely N-dealkylation sites (N-methyl/N-ethyl adjacent to an activating group) is 1. The molecule has 4 nitrogen and oxygen atoms in total. The van der Waals surface area contributed by atoms with Gasteiger partial charge in [0.2, 0.25) is 0 Å². The van der Waals surface area contributed by atoms with E-state index in [1.165, 1.54) is 19.4 Å². The third-order valence-electron chi connectivity index (χ3n) is 4.16. The third kappa shape index (κ3) is 2.42. The number of pyridine rings is 1. The van der Waals surface area contributed by atoms with E-state index in [9.17, 15) is 0 Å². The molecule has 20 heavy (non-hydrogen) atoms. The second kappa shape index (κ2) is 5.70. The van der Waals surface area contributed by atoms with E-state index in [2.05, 4.69) is 21.4 Å². The topological polar surface area (TPSA) is 34.0 Å². The molecule has 108 valence electrons. The molecule has 5 heteroatoms. The second-order valence-electron chi connectivity index (χ2n) is 5.52. The average molecular weight is 293 g/mol. The highest BCUT2D eigenvalue weighted by Gasteiger charge is 2.24. The number of hydrogen-bond donors (Lipinski definition) is 0. The molecule has 0 radical (unpaired) electrons. The second-order valence-corrected chi connectivity index (χ2v) is 5.78. The van der Waals surface area contributed by atoms with Gasteiger partial charge in [-0.3, -0.25) is 0 Å². The van der Waals surface area contributed by atoms with Gasteiger partial charge in [-0.2, -0.15) is 0 Å². The Morgan fingerprint density at radius 3 is 2.95 bits per heavy atom. The van der Waals surface area contributed by atoms with Gasteiger partial charge in [0.25, 0.3) is 0 Å². The highest BCUT2D eigenvalue weighted by molar-refractivity contribution is 6.16. The molecular formula is C15H21ClN4. The van der Waals surface area contributed by atoms with Gasteiger partial charge in [0.05, 0.1) is 5.88 Å². The van der Waals surface area contributed by atoms with E-state index in [0.717, 1.165) is 35.8 Å². The maximum atomic E-state index is 6.11. The summed E-state index contributed by atoms with van der Waals surface area (Å²) in [6.45, 7) is 7.62. The molecule has 0 amide bonds. The van der Waals surface area contributed by atoms with Gasteiger partial charge in [-0.1, -0.05) is 6.92 Å². The molecule has 3 heterocycles. The van der Waals surface area contributed by atoms with Crippen LogP contribution in [0.4, 0.5) is 0 Å². The molecule has 1 saturated heterocycles. The number of rotatable bonds is 3. The normalized spacial score (nSPS) is 20.6. The van der Waals surface area contributed by atoms with Crippen molar-refractivity contribution in [1.29, 1.82) is 0 Å². The first-order valence-corrected chi connectivity index (χ1v) is 7.89. The largest absolute Gasteiger partial charge is 0.307 e. The van der Waals surface area contributed by atoms with Gasteiger partial charge >= 0.3 is 0 Å². The monoisotopic (exact) mass is 292 g/mol. The van der Waals surface area contributed by atoms with Crippen LogP contribution in [0.2, 0.25) is 0 Å². The standard InChI is InChI=1S/C15H21ClN4/c1-3-19-8-4-5-12(10-19)20-14(9-16)18-13-7-6-11(2)17-15(13)20/h6-7,12H,3-5,8-10H2,1-2H3. The Balaban J connectivity index is 2.06. The Kier molecular flexibility index (Phi) is 3.94. The van der Waals surface area contributed by atoms with Crippen molar-refractivity contribution in [2.24, 2.45) is 0 Å². The van der Waals surface area contributed by atoms with E-state index >= 15 is 0 Å². The van der Waals surface area contributed by atoms with Crippen molar-refractivity contribution < 1.29 is 0 Å². The molecular weight excluding hydrogens is 272 g/mol. The molecule has 1 unspecified atom stereocenters. The van der Waals surface area contributed by atoms with E-state index in [1.807, 2.05) is 19.1 Å². The van der Waals surface area contributed by atoms with Crippen LogP contribution < -0.4 is 0 Å². The number of imidazole rings is 1. The number of alkyl halides is 1. The Bertz CT molecular complexity index is 607. The van der Waals surface area contributed by atoms with Crippen LogP contribution in [0.15, 0.2) is 12.1 Å². The lowest BCUT2D eigenvalue weighted by atomic mass is 10.1. The lowest BCUT2D eigenvalue weighted by Crippen LogP contribution is -2.36. The van der Waals surface area contributed by atoms with E-state index in [1.54, 1.807) is 0 Å². The summed E-state index contributed by atoms with van der Waals surface area (Å²) in [6, 6.07) is 4.50. The zero-order valence-electron chi connectivity index (χ0n) is 12.1. The quantitative estimate of drug-likeness (QED) is 0.815. The molecule has 1 fully saturated rings. The number of aromatic nitrogens is 3. The van der Waals surface area contributed by atoms with E-state index in [4.69, 9.17) is 16.6 Å². The highest BCUT2D eigenvalue weighted by Crippen LogP contribution is 2.27. The summed E-state index contributed by atoms with van der Waals surface area (Å²) in [7, 11) is 0. The Hall–Kier alpha value is -1.13. The van der Waals surface area contributed by atoms with Gasteiger partial charge < -0.3 is 9.47 Å². The molecule has 1 atom stereocenters. The van der Waals surface area contributed by atoms with Crippen molar-refractivity contribution in [2.75, 3.05) is 19.6 Å². The van der Waals surface area contributed by atoms with Gasteiger partial charge in [0, 0.05) is 18.3 Å². The minimum absolute atomic E-state index is 0.441. The zero-order chi connectivity index (χ0) is 14.1. The average Bonchev–Trinajstić information content (AvgIpc) is 2.85. The van der Waals surface area contributed by atoms with E-state index in [0.29, 0.717) is 11.9 Å². The van der Waals surface area contributed by atoms with Crippen molar-refractivity contribution in [3.63, 3.8) is 0 Å². The first kappa shape index (κ1) is 13.8. The molecule has 0 bridgehead atoms. The van der Waals surface area contributed by atoms with E-state index in [-0.39, 0.29) is 0 Å². The maximum absolute atomic E-state index is 6.11. The summed E-state index contributed by atoms with van der Waals surface area (Å²) in [4.78, 5) is 11.8. The van der Waals surface area contributed by atoms with Crippen LogP contribution in [0.25, 0.3) is 11.2 Å². The van der Waals surface area contributed by atoms with Crippen LogP contribution >= 0.6 is 11.6 Å². The summed E-state index contributed by atoms with van der Waals surface area (Å²) >= 11 is 6.11. The molecule has 0 aliphatic carbocycles. The van der Waals surface area contributed by atoms with Crippen LogP contribution in [0, 0.1) is 6.92 Å². The summed E-state index contributed by atoms with van der Waals surface area (Å²) < 4.78 is 2.27. The first-order valence-electron chi connectivity index (χ1n) is 7.35. The summed E-state index contributed by atoms with van der Waals surface area (Å²) in [5.74, 6) is 1.39. The summed E-state index contributed by atoms with van der Waals surface area (Å²) in [6.07, 6.45) is 2.41. The number of nitrogens with zero attached hydrogens (tertiary/aromatic N) is 4. The van der Waals surface area contributed by atoms with Crippen molar-refractivity contribution in [3.8, 4) is 0 Å². The number of piperidine rings is 1. The minimum atomic E-state index is 0.441. The first-order chi connectivity index (χ1) is 9.72. The molecule has 1 aliphatic heterocycles. The summed E-state index contributed by atoms with van der Waals surface area (Å²) in [5, 5.41) is 0. The van der Waals surface area contributed by atoms with Crippen LogP contribution in [0.5, 0.6) is 0 Å². The number of hydrogen-bond acceptors (Lipinski definition) is 3. The molecule has 1 aliphatic rings. The number of halogens is 1. The predicted molar refractivity (Wildman–Crippen MR) is 82.2 cm³/mol. The van der Waals surface area contributed by atoms with Gasteiger partial charge in [-0.25, -0.2) is 9.97 Å². The van der Waals surface area contributed by atoms with Crippen LogP contribution in [0.3, 0.4) is 0 Å². The Morgan fingerprint density at radius 1 is 1.35 bits per heavy atom. The van der Waals surface area contributed by atoms with Crippen LogP contribution in [-0.2, 0) is 5.88 Å². The SMILES string of the molecule is CCN1CCCC(n2c(CCl)nc3ccc(C)nc32)C1. The van der Waals surface area contributed by atoms with E-state index < -0.39 is 0 Å². The fourth-order valence-electron chi connectivity index (χ4n) is 3.12. The van der Waals surface area contributed by atoms with Gasteiger partial charge in [0.1, 0.15) is 11.3 Å². The number of aryl methyl sites for hydroxylation is 1. The lowest BCUT2D eigenvalue weighted by Gasteiger charge is -2.33. The fourth-order valence-corrected chi connectivity index (χ4v) is 3.31. The van der Waals surface area contributed by atoms with Gasteiger partial charge in [-0.05, 0) is 45.0 Å².